The number of hydrogen-bond donors (Lipinski definition) is 1. The molecule has 1 N–H and O–H groups in total. The van der Waals surface area contributed by atoms with Crippen LogP contribution in [-0.4, -0.2) is 5.11 Å². The van der Waals surface area contributed by atoms with Gasteiger partial charge in [-0.05, 0) is 47.9 Å². The summed E-state index contributed by atoms with van der Waals surface area (Å²) in [6.07, 6.45) is -5.49. The van der Waals surface area contributed by atoms with E-state index in [-0.39, 0.29) is 0 Å². The molecule has 0 aliphatic rings. The van der Waals surface area contributed by atoms with E-state index in [2.05, 4.69) is 0 Å². The second-order valence-electron chi connectivity index (χ2n) is 4.52. The van der Waals surface area contributed by atoms with Crippen molar-refractivity contribution in [3.8, 4) is 0 Å². The molecule has 0 fully saturated rings. The lowest BCUT2D eigenvalue weighted by Gasteiger charge is -2.15. The summed E-state index contributed by atoms with van der Waals surface area (Å²) >= 11 is 0. The lowest BCUT2D eigenvalue weighted by atomic mass is 9.96. The van der Waals surface area contributed by atoms with Crippen LogP contribution in [0.15, 0.2) is 42.5 Å². The van der Waals surface area contributed by atoms with Crippen molar-refractivity contribution in [2.75, 3.05) is 0 Å². The fourth-order valence-corrected chi connectivity index (χ4v) is 1.98. The molecule has 0 radical (unpaired) electrons. The number of aliphatic hydroxyl groups excluding tert-OH is 1. The van der Waals surface area contributed by atoms with Gasteiger partial charge in [0.2, 0.25) is 0 Å². The lowest BCUT2D eigenvalue weighted by Crippen LogP contribution is -2.06. The normalized spacial score (nSPS) is 13.3. The Morgan fingerprint density at radius 3 is 2.10 bits per heavy atom. The third kappa shape index (κ3) is 2.99. The average molecular weight is 284 g/mol. The Bertz CT molecular complexity index is 602. The van der Waals surface area contributed by atoms with E-state index >= 15 is 0 Å². The van der Waals surface area contributed by atoms with Crippen molar-refractivity contribution in [2.45, 2.75) is 19.2 Å². The van der Waals surface area contributed by atoms with Gasteiger partial charge in [0.1, 0.15) is 11.9 Å². The summed E-state index contributed by atoms with van der Waals surface area (Å²) in [7, 11) is 0. The van der Waals surface area contributed by atoms with Gasteiger partial charge in [0.15, 0.2) is 0 Å². The molecule has 2 aromatic carbocycles. The average Bonchev–Trinajstić information content (AvgIpc) is 2.37. The molecule has 0 amide bonds. The maximum Gasteiger partial charge on any atom is 0.416 e. The predicted octanol–water partition coefficient (Wildman–Crippen LogP) is 4.23. The first kappa shape index (κ1) is 14.5. The minimum atomic E-state index is -4.41. The van der Waals surface area contributed by atoms with Crippen LogP contribution in [0, 0.1) is 12.7 Å². The molecule has 106 valence electrons. The lowest BCUT2D eigenvalue weighted by molar-refractivity contribution is -0.137. The predicted molar refractivity (Wildman–Crippen MR) is 66.6 cm³/mol. The smallest absolute Gasteiger partial charge is 0.384 e. The first-order valence-electron chi connectivity index (χ1n) is 5.90. The van der Waals surface area contributed by atoms with Crippen LogP contribution in [0.4, 0.5) is 17.6 Å². The molecule has 2 aromatic rings. The minimum absolute atomic E-state index is 0.327. The Balaban J connectivity index is 2.31. The quantitative estimate of drug-likeness (QED) is 0.818. The molecule has 0 heterocycles. The SMILES string of the molecule is Cc1cc(F)ccc1C(O)c1ccc(C(F)(F)F)cc1. The monoisotopic (exact) mass is 284 g/mol. The third-order valence-electron chi connectivity index (χ3n) is 3.08. The summed E-state index contributed by atoms with van der Waals surface area (Å²) in [5.41, 5.74) is 0.556. The molecular weight excluding hydrogens is 272 g/mol. The first-order chi connectivity index (χ1) is 9.29. The van der Waals surface area contributed by atoms with Crippen LogP contribution < -0.4 is 0 Å². The Morgan fingerprint density at radius 1 is 1.00 bits per heavy atom. The van der Waals surface area contributed by atoms with Crippen molar-refractivity contribution < 1.29 is 22.7 Å². The van der Waals surface area contributed by atoms with Crippen molar-refractivity contribution in [2.24, 2.45) is 0 Å². The molecule has 0 saturated carbocycles. The standard InChI is InChI=1S/C15H12F4O/c1-9-8-12(16)6-7-13(9)14(20)10-2-4-11(5-3-10)15(17,18)19/h2-8,14,20H,1H3. The van der Waals surface area contributed by atoms with E-state index in [0.29, 0.717) is 16.7 Å². The second kappa shape index (κ2) is 5.25. The van der Waals surface area contributed by atoms with Crippen LogP contribution in [0.25, 0.3) is 0 Å². The van der Waals surface area contributed by atoms with Crippen molar-refractivity contribution in [1.82, 2.24) is 0 Å². The zero-order valence-electron chi connectivity index (χ0n) is 10.6. The van der Waals surface area contributed by atoms with E-state index in [0.717, 1.165) is 12.1 Å². The van der Waals surface area contributed by atoms with Crippen LogP contribution in [0.1, 0.15) is 28.4 Å². The van der Waals surface area contributed by atoms with Crippen molar-refractivity contribution >= 4 is 0 Å². The van der Waals surface area contributed by atoms with Gasteiger partial charge in [-0.2, -0.15) is 13.2 Å². The van der Waals surface area contributed by atoms with Gasteiger partial charge in [-0.25, -0.2) is 4.39 Å². The van der Waals surface area contributed by atoms with Crippen molar-refractivity contribution in [3.63, 3.8) is 0 Å². The summed E-state index contributed by atoms with van der Waals surface area (Å²) in [6.45, 7) is 1.63. The van der Waals surface area contributed by atoms with Crippen molar-refractivity contribution in [3.05, 3.63) is 70.5 Å². The summed E-state index contributed by atoms with van der Waals surface area (Å²) in [4.78, 5) is 0. The molecular formula is C15H12F4O. The summed E-state index contributed by atoms with van der Waals surface area (Å²) < 4.78 is 50.3. The van der Waals surface area contributed by atoms with Gasteiger partial charge in [0, 0.05) is 0 Å². The van der Waals surface area contributed by atoms with E-state index in [9.17, 15) is 22.7 Å². The third-order valence-corrected chi connectivity index (χ3v) is 3.08. The maximum atomic E-state index is 13.0. The number of benzene rings is 2. The molecule has 1 atom stereocenters. The molecule has 2 rings (SSSR count). The van der Waals surface area contributed by atoms with Gasteiger partial charge < -0.3 is 5.11 Å². The van der Waals surface area contributed by atoms with E-state index in [1.54, 1.807) is 6.92 Å². The zero-order valence-corrected chi connectivity index (χ0v) is 10.6. The number of rotatable bonds is 2. The summed E-state index contributed by atoms with van der Waals surface area (Å²) in [5.74, 6) is -0.425. The summed E-state index contributed by atoms with van der Waals surface area (Å²) in [5, 5.41) is 10.2. The number of hydrogen-bond acceptors (Lipinski definition) is 1. The fraction of sp³-hybridized carbons (Fsp3) is 0.200. The van der Waals surface area contributed by atoms with Crippen LogP contribution in [0.3, 0.4) is 0 Å². The highest BCUT2D eigenvalue weighted by Crippen LogP contribution is 2.31. The molecule has 0 spiro atoms. The number of aliphatic hydroxyl groups is 1. The van der Waals surface area contributed by atoms with Gasteiger partial charge in [-0.15, -0.1) is 0 Å². The van der Waals surface area contributed by atoms with Gasteiger partial charge >= 0.3 is 6.18 Å². The zero-order chi connectivity index (χ0) is 14.9. The van der Waals surface area contributed by atoms with E-state index < -0.39 is 23.7 Å². The minimum Gasteiger partial charge on any atom is -0.384 e. The highest BCUT2D eigenvalue weighted by molar-refractivity contribution is 5.36. The largest absolute Gasteiger partial charge is 0.416 e. The van der Waals surface area contributed by atoms with Crippen molar-refractivity contribution in [1.29, 1.82) is 0 Å². The fourth-order valence-electron chi connectivity index (χ4n) is 1.98. The Hall–Kier alpha value is -1.88. The topological polar surface area (TPSA) is 20.2 Å². The molecule has 0 aromatic heterocycles. The molecule has 5 heteroatoms. The van der Waals surface area contributed by atoms with Gasteiger partial charge in [-0.1, -0.05) is 18.2 Å². The van der Waals surface area contributed by atoms with Crippen LogP contribution in [0.5, 0.6) is 0 Å². The molecule has 0 aliphatic carbocycles. The molecule has 0 bridgehead atoms. The summed E-state index contributed by atoms with van der Waals surface area (Å²) in [6, 6.07) is 8.16. The van der Waals surface area contributed by atoms with Gasteiger partial charge in [0.05, 0.1) is 5.56 Å². The van der Waals surface area contributed by atoms with Crippen LogP contribution >= 0.6 is 0 Å². The highest BCUT2D eigenvalue weighted by atomic mass is 19.4. The van der Waals surface area contributed by atoms with Crippen LogP contribution in [0.2, 0.25) is 0 Å². The maximum absolute atomic E-state index is 13.0. The first-order valence-corrected chi connectivity index (χ1v) is 5.90. The van der Waals surface area contributed by atoms with E-state index in [1.807, 2.05) is 0 Å². The molecule has 0 saturated heterocycles. The Kier molecular flexibility index (Phi) is 3.81. The second-order valence-corrected chi connectivity index (χ2v) is 4.52. The highest BCUT2D eigenvalue weighted by Gasteiger charge is 2.30. The number of aryl methyl sites for hydroxylation is 1. The number of alkyl halides is 3. The Morgan fingerprint density at radius 2 is 1.60 bits per heavy atom. The van der Waals surface area contributed by atoms with Gasteiger partial charge in [0.25, 0.3) is 0 Å². The number of halogens is 4. The molecule has 0 aliphatic heterocycles. The molecule has 1 unspecified atom stereocenters. The van der Waals surface area contributed by atoms with Gasteiger partial charge in [-0.3, -0.25) is 0 Å². The molecule has 20 heavy (non-hydrogen) atoms. The van der Waals surface area contributed by atoms with Crippen LogP contribution in [-0.2, 0) is 6.18 Å². The van der Waals surface area contributed by atoms with E-state index in [4.69, 9.17) is 0 Å². The Labute approximate surface area is 113 Å². The van der Waals surface area contributed by atoms with E-state index in [1.165, 1.54) is 30.3 Å². The molecule has 1 nitrogen and oxygen atoms in total.